The summed E-state index contributed by atoms with van der Waals surface area (Å²) in [6, 6.07) is 0. The van der Waals surface area contributed by atoms with Crippen LogP contribution in [0.2, 0.25) is 0 Å². The summed E-state index contributed by atoms with van der Waals surface area (Å²) in [5, 5.41) is 7.85. The Balaban J connectivity index is 1.73. The lowest BCUT2D eigenvalue weighted by molar-refractivity contribution is -0.139. The van der Waals surface area contributed by atoms with Gasteiger partial charge in [-0.3, -0.25) is 19.1 Å². The van der Waals surface area contributed by atoms with Crippen LogP contribution in [0.4, 0.5) is 0 Å². The van der Waals surface area contributed by atoms with Gasteiger partial charge in [0.05, 0.1) is 25.4 Å². The average molecular weight is 425 g/mol. The van der Waals surface area contributed by atoms with Gasteiger partial charge in [0.25, 0.3) is 10.8 Å². The molecular weight excluding hydrogens is 402 g/mol. The number of aromatic nitrogens is 4. The molecule has 0 amide bonds. The second kappa shape index (κ2) is 9.85. The molecule has 0 spiro atoms. The molecule has 12 heteroatoms. The van der Waals surface area contributed by atoms with Crippen LogP contribution < -0.4 is 11.2 Å². The van der Waals surface area contributed by atoms with Gasteiger partial charge in [0.15, 0.2) is 0 Å². The number of H-pyrrole nitrogens is 1. The molecule has 0 saturated carbocycles. The number of esters is 1. The number of carbonyl (C=O) groups is 1. The molecule has 0 radical (unpaired) electrons. The van der Waals surface area contributed by atoms with Gasteiger partial charge in [0, 0.05) is 25.3 Å². The summed E-state index contributed by atoms with van der Waals surface area (Å²) in [7, 11) is 0. The second-order valence-corrected chi connectivity index (χ2v) is 7.30. The Hall–Kier alpha value is -2.44. The quantitative estimate of drug-likeness (QED) is 0.446. The Morgan fingerprint density at radius 3 is 2.72 bits per heavy atom. The number of carbonyl (C=O) groups excluding carboxylic acids is 1. The number of aromatic amines is 1. The maximum absolute atomic E-state index is 12.9. The molecule has 158 valence electrons. The monoisotopic (exact) mass is 425 g/mol. The Bertz CT molecular complexity index is 962. The molecule has 1 N–H and O–H groups in total. The van der Waals surface area contributed by atoms with E-state index in [2.05, 4.69) is 20.1 Å². The Kier molecular flexibility index (Phi) is 7.23. The molecule has 0 unspecified atom stereocenters. The van der Waals surface area contributed by atoms with Crippen molar-refractivity contribution in [2.24, 2.45) is 0 Å². The van der Waals surface area contributed by atoms with Crippen LogP contribution in [-0.2, 0) is 27.4 Å². The summed E-state index contributed by atoms with van der Waals surface area (Å²) in [5.74, 6) is -0.258. The number of nitrogens with one attached hydrogen (secondary N) is 1. The first-order valence-corrected chi connectivity index (χ1v) is 10.2. The van der Waals surface area contributed by atoms with E-state index >= 15 is 0 Å². The minimum atomic E-state index is -0.544. The molecule has 1 aliphatic rings. The van der Waals surface area contributed by atoms with Crippen molar-refractivity contribution in [2.45, 2.75) is 32.2 Å². The Morgan fingerprint density at radius 1 is 1.24 bits per heavy atom. The summed E-state index contributed by atoms with van der Waals surface area (Å²) in [4.78, 5) is 41.4. The van der Waals surface area contributed by atoms with Crippen LogP contribution in [0, 0.1) is 6.92 Å². The average Bonchev–Trinajstić information content (AvgIpc) is 3.15. The zero-order valence-electron chi connectivity index (χ0n) is 16.3. The zero-order chi connectivity index (χ0) is 20.8. The predicted molar refractivity (Wildman–Crippen MR) is 103 cm³/mol. The van der Waals surface area contributed by atoms with Crippen LogP contribution in [0.5, 0.6) is 0 Å². The molecule has 0 aliphatic carbocycles. The highest BCUT2D eigenvalue weighted by Crippen LogP contribution is 2.16. The number of morpholine rings is 1. The molecule has 0 bridgehead atoms. The summed E-state index contributed by atoms with van der Waals surface area (Å²) >= 11 is 1.03. The standard InChI is InChI=1S/C17H23N5O6S/c1-3-27-14(23)10-29-17-20-19-13(28-17)9-22-15(24)12(11(2)18-16(22)25)8-21-4-6-26-7-5-21/h3-10H2,1-2H3,(H,18,25). The maximum Gasteiger partial charge on any atom is 0.329 e. The number of hydrogen-bond donors (Lipinski definition) is 1. The maximum atomic E-state index is 12.9. The van der Waals surface area contributed by atoms with Gasteiger partial charge in [-0.2, -0.15) is 0 Å². The van der Waals surface area contributed by atoms with Crippen LogP contribution in [0.1, 0.15) is 24.1 Å². The van der Waals surface area contributed by atoms with E-state index in [1.165, 1.54) is 0 Å². The highest BCUT2D eigenvalue weighted by molar-refractivity contribution is 7.99. The van der Waals surface area contributed by atoms with Crippen LogP contribution in [-0.4, -0.2) is 69.3 Å². The normalized spacial score (nSPS) is 14.8. The third-order valence-corrected chi connectivity index (χ3v) is 5.13. The topological polar surface area (TPSA) is 133 Å². The number of thioether (sulfide) groups is 1. The number of ether oxygens (including phenoxy) is 2. The molecule has 3 rings (SSSR count). The van der Waals surface area contributed by atoms with Crippen LogP contribution >= 0.6 is 11.8 Å². The van der Waals surface area contributed by atoms with Crippen molar-refractivity contribution in [1.29, 1.82) is 0 Å². The van der Waals surface area contributed by atoms with E-state index in [1.807, 2.05) is 0 Å². The fourth-order valence-corrected chi connectivity index (χ4v) is 3.43. The van der Waals surface area contributed by atoms with E-state index in [1.54, 1.807) is 13.8 Å². The van der Waals surface area contributed by atoms with E-state index in [4.69, 9.17) is 13.9 Å². The Labute approximate surface area is 170 Å². The number of nitrogens with zero attached hydrogens (tertiary/aromatic N) is 4. The number of aryl methyl sites for hydroxylation is 1. The molecule has 2 aromatic rings. The van der Waals surface area contributed by atoms with E-state index in [9.17, 15) is 14.4 Å². The van der Waals surface area contributed by atoms with Crippen LogP contribution in [0.25, 0.3) is 0 Å². The van der Waals surface area contributed by atoms with Gasteiger partial charge in [0.1, 0.15) is 12.3 Å². The highest BCUT2D eigenvalue weighted by atomic mass is 32.2. The molecule has 2 aromatic heterocycles. The molecule has 3 heterocycles. The van der Waals surface area contributed by atoms with Gasteiger partial charge in [0.2, 0.25) is 5.89 Å². The van der Waals surface area contributed by atoms with E-state index in [-0.39, 0.29) is 23.4 Å². The van der Waals surface area contributed by atoms with Crippen molar-refractivity contribution in [3.63, 3.8) is 0 Å². The van der Waals surface area contributed by atoms with Gasteiger partial charge in [-0.05, 0) is 13.8 Å². The lowest BCUT2D eigenvalue weighted by atomic mass is 10.2. The van der Waals surface area contributed by atoms with Gasteiger partial charge in [-0.1, -0.05) is 11.8 Å². The first kappa shape index (κ1) is 21.3. The van der Waals surface area contributed by atoms with Crippen LogP contribution in [0.15, 0.2) is 19.2 Å². The largest absolute Gasteiger partial charge is 0.465 e. The van der Waals surface area contributed by atoms with Crippen LogP contribution in [0.3, 0.4) is 0 Å². The molecule has 0 atom stereocenters. The van der Waals surface area contributed by atoms with E-state index < -0.39 is 17.2 Å². The Morgan fingerprint density at radius 2 is 2.00 bits per heavy atom. The molecule has 1 saturated heterocycles. The molecule has 1 fully saturated rings. The van der Waals surface area contributed by atoms with Crippen molar-refractivity contribution in [1.82, 2.24) is 24.6 Å². The van der Waals surface area contributed by atoms with Gasteiger partial charge >= 0.3 is 11.7 Å². The van der Waals surface area contributed by atoms with Gasteiger partial charge < -0.3 is 18.9 Å². The molecule has 11 nitrogen and oxygen atoms in total. The lowest BCUT2D eigenvalue weighted by Crippen LogP contribution is -2.42. The molecule has 0 aromatic carbocycles. The minimum Gasteiger partial charge on any atom is -0.465 e. The van der Waals surface area contributed by atoms with E-state index in [0.717, 1.165) is 29.4 Å². The second-order valence-electron chi connectivity index (χ2n) is 6.37. The number of rotatable bonds is 8. The van der Waals surface area contributed by atoms with Crippen molar-refractivity contribution < 1.29 is 18.7 Å². The molecule has 1 aliphatic heterocycles. The summed E-state index contributed by atoms with van der Waals surface area (Å²) < 4.78 is 16.6. The summed E-state index contributed by atoms with van der Waals surface area (Å²) in [6.07, 6.45) is 0. The first-order valence-electron chi connectivity index (χ1n) is 9.21. The summed E-state index contributed by atoms with van der Waals surface area (Å²) in [6.45, 7) is 6.67. The fraction of sp³-hybridized carbons (Fsp3) is 0.588. The molecule has 29 heavy (non-hydrogen) atoms. The van der Waals surface area contributed by atoms with E-state index in [0.29, 0.717) is 37.6 Å². The highest BCUT2D eigenvalue weighted by Gasteiger charge is 2.19. The van der Waals surface area contributed by atoms with Crippen molar-refractivity contribution in [2.75, 3.05) is 38.7 Å². The summed E-state index contributed by atoms with van der Waals surface area (Å²) in [5.41, 5.74) is 0.121. The lowest BCUT2D eigenvalue weighted by Gasteiger charge is -2.26. The SMILES string of the molecule is CCOC(=O)CSc1nnc(Cn2c(=O)[nH]c(C)c(CN3CCOCC3)c2=O)o1. The third kappa shape index (κ3) is 5.55. The predicted octanol–water partition coefficient (Wildman–Crippen LogP) is -0.236. The molecular formula is C17H23N5O6S. The first-order chi connectivity index (χ1) is 14.0. The van der Waals surface area contributed by atoms with Crippen molar-refractivity contribution >= 4 is 17.7 Å². The zero-order valence-corrected chi connectivity index (χ0v) is 17.1. The minimum absolute atomic E-state index is 0.0320. The van der Waals surface area contributed by atoms with Crippen molar-refractivity contribution in [3.8, 4) is 0 Å². The smallest absolute Gasteiger partial charge is 0.329 e. The fourth-order valence-electron chi connectivity index (χ4n) is 2.85. The van der Waals surface area contributed by atoms with Crippen molar-refractivity contribution in [3.05, 3.63) is 38.0 Å². The third-order valence-electron chi connectivity index (χ3n) is 4.34. The van der Waals surface area contributed by atoms with Gasteiger partial charge in [-0.25, -0.2) is 4.79 Å². The number of hydrogen-bond acceptors (Lipinski definition) is 10. The van der Waals surface area contributed by atoms with Gasteiger partial charge in [-0.15, -0.1) is 10.2 Å².